The Bertz CT molecular complexity index is 417. The lowest BCUT2D eigenvalue weighted by atomic mass is 10.2. The molecule has 0 spiro atoms. The largest absolute Gasteiger partial charge is 0.473 e. The standard InChI is InChI=1S/C10H7FN2O/c1-7(5-12)14-10-3-2-8(6-13)4-9(10)11/h2-4,7H,1H3. The molecule has 0 N–H and O–H groups in total. The summed E-state index contributed by atoms with van der Waals surface area (Å²) in [7, 11) is 0. The monoisotopic (exact) mass is 190 g/mol. The van der Waals surface area contributed by atoms with Crippen molar-refractivity contribution in [1.29, 1.82) is 10.5 Å². The van der Waals surface area contributed by atoms with E-state index >= 15 is 0 Å². The van der Waals surface area contributed by atoms with Crippen molar-refractivity contribution in [3.8, 4) is 17.9 Å². The van der Waals surface area contributed by atoms with Crippen molar-refractivity contribution in [3.05, 3.63) is 29.6 Å². The van der Waals surface area contributed by atoms with E-state index in [4.69, 9.17) is 15.3 Å². The first-order chi connectivity index (χ1) is 6.67. The Hall–Kier alpha value is -2.07. The molecule has 3 nitrogen and oxygen atoms in total. The molecule has 0 aliphatic carbocycles. The summed E-state index contributed by atoms with van der Waals surface area (Å²) < 4.78 is 18.1. The number of halogens is 1. The second-order valence-electron chi connectivity index (χ2n) is 2.65. The van der Waals surface area contributed by atoms with Gasteiger partial charge >= 0.3 is 0 Å². The number of benzene rings is 1. The molecule has 0 heterocycles. The number of hydrogen-bond acceptors (Lipinski definition) is 3. The third kappa shape index (κ3) is 2.21. The highest BCUT2D eigenvalue weighted by Gasteiger charge is 2.07. The fourth-order valence-corrected chi connectivity index (χ4v) is 0.883. The maximum absolute atomic E-state index is 13.1. The Morgan fingerprint density at radius 1 is 1.43 bits per heavy atom. The lowest BCUT2D eigenvalue weighted by Gasteiger charge is -2.07. The maximum Gasteiger partial charge on any atom is 0.181 e. The zero-order chi connectivity index (χ0) is 10.6. The van der Waals surface area contributed by atoms with Crippen molar-refractivity contribution < 1.29 is 9.13 Å². The Kier molecular flexibility index (Phi) is 3.04. The van der Waals surface area contributed by atoms with Gasteiger partial charge in [-0.25, -0.2) is 4.39 Å². The predicted octanol–water partition coefficient (Wildman–Crippen LogP) is 1.99. The lowest BCUT2D eigenvalue weighted by molar-refractivity contribution is 0.263. The van der Waals surface area contributed by atoms with Crippen LogP contribution < -0.4 is 4.74 Å². The van der Waals surface area contributed by atoms with E-state index in [1.807, 2.05) is 6.07 Å². The van der Waals surface area contributed by atoms with Gasteiger partial charge < -0.3 is 4.74 Å². The average molecular weight is 190 g/mol. The molecule has 0 aliphatic heterocycles. The van der Waals surface area contributed by atoms with Crippen LogP contribution in [0.3, 0.4) is 0 Å². The minimum Gasteiger partial charge on any atom is -0.473 e. The molecule has 0 bridgehead atoms. The summed E-state index contributed by atoms with van der Waals surface area (Å²) in [6.45, 7) is 1.51. The van der Waals surface area contributed by atoms with Crippen LogP contribution in [0.1, 0.15) is 12.5 Å². The molecular weight excluding hydrogens is 183 g/mol. The smallest absolute Gasteiger partial charge is 0.181 e. The molecule has 0 aromatic heterocycles. The van der Waals surface area contributed by atoms with Gasteiger partial charge in [-0.3, -0.25) is 0 Å². The fraction of sp³-hybridized carbons (Fsp3) is 0.200. The third-order valence-electron chi connectivity index (χ3n) is 1.55. The van der Waals surface area contributed by atoms with Crippen LogP contribution >= 0.6 is 0 Å². The summed E-state index contributed by atoms with van der Waals surface area (Å²) in [5.41, 5.74) is 0.222. The molecule has 0 saturated heterocycles. The van der Waals surface area contributed by atoms with E-state index in [9.17, 15) is 4.39 Å². The molecule has 0 fully saturated rings. The highest BCUT2D eigenvalue weighted by Crippen LogP contribution is 2.18. The van der Waals surface area contributed by atoms with Crippen molar-refractivity contribution in [3.63, 3.8) is 0 Å². The molecular formula is C10H7FN2O. The van der Waals surface area contributed by atoms with E-state index in [1.54, 1.807) is 6.07 Å². The van der Waals surface area contributed by atoms with Crippen molar-refractivity contribution in [1.82, 2.24) is 0 Å². The molecule has 4 heteroatoms. The molecule has 0 amide bonds. The van der Waals surface area contributed by atoms with Gasteiger partial charge in [0, 0.05) is 0 Å². The second kappa shape index (κ2) is 4.25. The Morgan fingerprint density at radius 2 is 2.14 bits per heavy atom. The zero-order valence-electron chi connectivity index (χ0n) is 7.49. The third-order valence-corrected chi connectivity index (χ3v) is 1.55. The van der Waals surface area contributed by atoms with Gasteiger partial charge in [0.05, 0.1) is 11.6 Å². The topological polar surface area (TPSA) is 56.8 Å². The average Bonchev–Trinajstić information content (AvgIpc) is 2.20. The maximum atomic E-state index is 13.1. The van der Waals surface area contributed by atoms with Gasteiger partial charge in [0.1, 0.15) is 6.07 Å². The lowest BCUT2D eigenvalue weighted by Crippen LogP contribution is -2.09. The first-order valence-electron chi connectivity index (χ1n) is 3.93. The first kappa shape index (κ1) is 10.0. The summed E-state index contributed by atoms with van der Waals surface area (Å²) in [4.78, 5) is 0. The molecule has 1 aromatic carbocycles. The van der Waals surface area contributed by atoms with Crippen molar-refractivity contribution >= 4 is 0 Å². The molecule has 0 aliphatic rings. The summed E-state index contributed by atoms with van der Waals surface area (Å²) in [5.74, 6) is -0.649. The van der Waals surface area contributed by atoms with Crippen LogP contribution in [0.25, 0.3) is 0 Å². The van der Waals surface area contributed by atoms with Crippen molar-refractivity contribution in [2.24, 2.45) is 0 Å². The van der Waals surface area contributed by atoms with E-state index in [-0.39, 0.29) is 11.3 Å². The predicted molar refractivity (Wildman–Crippen MR) is 46.8 cm³/mol. The Balaban J connectivity index is 2.92. The molecule has 1 unspecified atom stereocenters. The van der Waals surface area contributed by atoms with Gasteiger partial charge in [-0.15, -0.1) is 0 Å². The Labute approximate surface area is 81.0 Å². The van der Waals surface area contributed by atoms with E-state index in [1.165, 1.54) is 19.1 Å². The van der Waals surface area contributed by atoms with Crippen LogP contribution in [-0.2, 0) is 0 Å². The van der Waals surface area contributed by atoms with E-state index in [0.29, 0.717) is 0 Å². The highest BCUT2D eigenvalue weighted by molar-refractivity contribution is 5.36. The van der Waals surface area contributed by atoms with Gasteiger partial charge in [0.2, 0.25) is 0 Å². The summed E-state index contributed by atoms with van der Waals surface area (Å²) >= 11 is 0. The number of rotatable bonds is 2. The summed E-state index contributed by atoms with van der Waals surface area (Å²) in [6.07, 6.45) is -0.711. The SMILES string of the molecule is CC(C#N)Oc1ccc(C#N)cc1F. The van der Waals surface area contributed by atoms with Crippen LogP contribution in [0.4, 0.5) is 4.39 Å². The molecule has 14 heavy (non-hydrogen) atoms. The highest BCUT2D eigenvalue weighted by atomic mass is 19.1. The first-order valence-corrected chi connectivity index (χ1v) is 3.93. The normalized spacial score (nSPS) is 11.1. The van der Waals surface area contributed by atoms with Crippen LogP contribution in [-0.4, -0.2) is 6.10 Å². The molecule has 70 valence electrons. The quantitative estimate of drug-likeness (QED) is 0.716. The molecule has 1 rings (SSSR count). The van der Waals surface area contributed by atoms with Gasteiger partial charge in [0.15, 0.2) is 17.7 Å². The molecule has 0 saturated carbocycles. The number of ether oxygens (including phenoxy) is 1. The van der Waals surface area contributed by atoms with Gasteiger partial charge in [-0.05, 0) is 25.1 Å². The van der Waals surface area contributed by atoms with Crippen LogP contribution in [0.15, 0.2) is 18.2 Å². The minimum atomic E-state index is -0.711. The minimum absolute atomic E-state index is 0.0157. The van der Waals surface area contributed by atoms with E-state index in [0.717, 1.165) is 6.07 Å². The number of hydrogen-bond donors (Lipinski definition) is 0. The summed E-state index contributed by atoms with van der Waals surface area (Å²) in [5, 5.41) is 16.9. The zero-order valence-corrected chi connectivity index (χ0v) is 7.49. The molecule has 1 aromatic rings. The van der Waals surface area contributed by atoms with Crippen molar-refractivity contribution in [2.45, 2.75) is 13.0 Å². The molecule has 0 radical (unpaired) electrons. The van der Waals surface area contributed by atoms with Crippen LogP contribution in [0.2, 0.25) is 0 Å². The van der Waals surface area contributed by atoms with Gasteiger partial charge in [0.25, 0.3) is 0 Å². The van der Waals surface area contributed by atoms with E-state index < -0.39 is 11.9 Å². The van der Waals surface area contributed by atoms with E-state index in [2.05, 4.69) is 0 Å². The van der Waals surface area contributed by atoms with Crippen LogP contribution in [0, 0.1) is 28.5 Å². The van der Waals surface area contributed by atoms with Gasteiger partial charge in [-0.1, -0.05) is 0 Å². The van der Waals surface area contributed by atoms with Crippen LogP contribution in [0.5, 0.6) is 5.75 Å². The Morgan fingerprint density at radius 3 is 2.64 bits per heavy atom. The number of nitrogens with zero attached hydrogens (tertiary/aromatic N) is 2. The van der Waals surface area contributed by atoms with Crippen molar-refractivity contribution in [2.75, 3.05) is 0 Å². The van der Waals surface area contributed by atoms with Gasteiger partial charge in [-0.2, -0.15) is 10.5 Å². The number of nitriles is 2. The molecule has 1 atom stereocenters. The fourth-order valence-electron chi connectivity index (χ4n) is 0.883. The summed E-state index contributed by atoms with van der Waals surface area (Å²) in [6, 6.07) is 7.45. The second-order valence-corrected chi connectivity index (χ2v) is 2.65.